The normalized spacial score (nSPS) is 13.3. The Morgan fingerprint density at radius 2 is 1.07 bits per heavy atom. The van der Waals surface area contributed by atoms with E-state index in [0.29, 0.717) is 0 Å². The quantitative estimate of drug-likeness (QED) is 0.640. The molecule has 0 N–H and O–H groups in total. The molecule has 0 saturated carbocycles. The lowest BCUT2D eigenvalue weighted by Crippen LogP contribution is -2.13. The van der Waals surface area contributed by atoms with Crippen molar-refractivity contribution in [3.8, 4) is 0 Å². The topological polar surface area (TPSA) is 24.7 Å². The zero-order valence-electron chi connectivity index (χ0n) is 16.4. The van der Waals surface area contributed by atoms with Crippen LogP contribution in [0.1, 0.15) is 37.8 Å². The molecule has 2 nitrogen and oxygen atoms in total. The number of rotatable bonds is 4. The van der Waals surface area contributed by atoms with Crippen molar-refractivity contribution in [3.05, 3.63) is 106 Å². The van der Waals surface area contributed by atoms with E-state index in [0.717, 1.165) is 46.4 Å². The lowest BCUT2D eigenvalue weighted by molar-refractivity contribution is 1.09. The standard InChI is InChI=1S/C26H24N2/c1-3-19(4-2)20-15-17-23(18-16-20)26-27-24(21-11-7-5-8-12-21)25(28-26)22-13-9-6-10-14-22/h5-18H,3-4H2,1-2H3. The molecule has 3 aromatic rings. The average Bonchev–Trinajstić information content (AvgIpc) is 3.22. The molecule has 0 saturated heterocycles. The molecule has 0 aliphatic carbocycles. The Kier molecular flexibility index (Phi) is 5.29. The van der Waals surface area contributed by atoms with E-state index in [4.69, 9.17) is 9.98 Å². The van der Waals surface area contributed by atoms with Gasteiger partial charge in [0.1, 0.15) is 0 Å². The monoisotopic (exact) mass is 364 g/mol. The van der Waals surface area contributed by atoms with Gasteiger partial charge in [0.05, 0.1) is 11.4 Å². The fraction of sp³-hybridized carbons (Fsp3) is 0.154. The van der Waals surface area contributed by atoms with Crippen molar-refractivity contribution in [2.75, 3.05) is 0 Å². The van der Waals surface area contributed by atoms with E-state index in [9.17, 15) is 0 Å². The fourth-order valence-corrected chi connectivity index (χ4v) is 3.58. The lowest BCUT2D eigenvalue weighted by Gasteiger charge is -2.04. The molecule has 0 unspecified atom stereocenters. The summed E-state index contributed by atoms with van der Waals surface area (Å²) >= 11 is 0. The number of aliphatic imine (C=N–C) groups is 2. The van der Waals surface area contributed by atoms with Crippen LogP contribution in [-0.4, -0.2) is 11.4 Å². The Hall–Kier alpha value is -3.26. The molecule has 2 heteroatoms. The highest BCUT2D eigenvalue weighted by Crippen LogP contribution is 2.20. The minimum Gasteiger partial charge on any atom is -0.226 e. The zero-order valence-corrected chi connectivity index (χ0v) is 16.4. The first-order valence-corrected chi connectivity index (χ1v) is 9.91. The molecule has 0 fully saturated rings. The first-order chi connectivity index (χ1) is 13.8. The van der Waals surface area contributed by atoms with E-state index >= 15 is 0 Å². The van der Waals surface area contributed by atoms with E-state index in [2.05, 4.69) is 62.4 Å². The van der Waals surface area contributed by atoms with E-state index in [-0.39, 0.29) is 0 Å². The average molecular weight is 364 g/mol. The van der Waals surface area contributed by atoms with Crippen LogP contribution in [0.25, 0.3) is 11.4 Å². The second-order valence-electron chi connectivity index (χ2n) is 6.86. The Morgan fingerprint density at radius 1 is 0.607 bits per heavy atom. The van der Waals surface area contributed by atoms with Gasteiger partial charge in [0.25, 0.3) is 0 Å². The smallest absolute Gasteiger partial charge is 0.160 e. The van der Waals surface area contributed by atoms with Crippen molar-refractivity contribution >= 4 is 22.8 Å². The van der Waals surface area contributed by atoms with Crippen molar-refractivity contribution in [2.45, 2.75) is 26.7 Å². The first-order valence-electron chi connectivity index (χ1n) is 9.91. The van der Waals surface area contributed by atoms with Crippen LogP contribution in [0.5, 0.6) is 0 Å². The minimum absolute atomic E-state index is 0.777. The maximum Gasteiger partial charge on any atom is 0.160 e. The second-order valence-corrected chi connectivity index (χ2v) is 6.86. The number of benzene rings is 3. The van der Waals surface area contributed by atoms with Crippen LogP contribution in [-0.2, 0) is 0 Å². The Morgan fingerprint density at radius 3 is 1.50 bits per heavy atom. The van der Waals surface area contributed by atoms with Gasteiger partial charge in [-0.2, -0.15) is 0 Å². The summed E-state index contributed by atoms with van der Waals surface area (Å²) in [5, 5.41) is 2.36. The minimum atomic E-state index is 0.777. The third kappa shape index (κ3) is 3.59. The van der Waals surface area contributed by atoms with E-state index < -0.39 is 0 Å². The van der Waals surface area contributed by atoms with Gasteiger partial charge in [0.2, 0.25) is 0 Å². The highest BCUT2D eigenvalue weighted by molar-refractivity contribution is 6.55. The molecule has 3 aromatic carbocycles. The maximum atomic E-state index is 4.92. The molecule has 1 aliphatic heterocycles. The third-order valence-electron chi connectivity index (χ3n) is 5.16. The Labute approximate surface area is 166 Å². The highest BCUT2D eigenvalue weighted by Gasteiger charge is 2.20. The van der Waals surface area contributed by atoms with Gasteiger partial charge >= 0.3 is 0 Å². The van der Waals surface area contributed by atoms with Gasteiger partial charge < -0.3 is 0 Å². The van der Waals surface area contributed by atoms with Crippen LogP contribution in [0.4, 0.5) is 0 Å². The predicted octanol–water partition coefficient (Wildman–Crippen LogP) is 4.72. The summed E-state index contributed by atoms with van der Waals surface area (Å²) in [6.07, 6.45) is 2.16. The molecule has 0 spiro atoms. The first kappa shape index (κ1) is 18.1. The Balaban J connectivity index is 1.88. The molecule has 28 heavy (non-hydrogen) atoms. The van der Waals surface area contributed by atoms with Crippen molar-refractivity contribution < 1.29 is 0 Å². The molecule has 0 bridgehead atoms. The summed E-state index contributed by atoms with van der Waals surface area (Å²) in [6, 6.07) is 29.2. The van der Waals surface area contributed by atoms with E-state index in [1.807, 2.05) is 36.4 Å². The van der Waals surface area contributed by atoms with Gasteiger partial charge in [0.15, 0.2) is 5.82 Å². The lowest BCUT2D eigenvalue weighted by atomic mass is 10.0. The molecule has 0 amide bonds. The molecule has 0 atom stereocenters. The molecule has 4 rings (SSSR count). The number of hydrogen-bond donors (Lipinski definition) is 0. The third-order valence-corrected chi connectivity index (χ3v) is 5.16. The Bertz CT molecular complexity index is 1070. The van der Waals surface area contributed by atoms with Gasteiger partial charge in [-0.3, -0.25) is 0 Å². The zero-order chi connectivity index (χ0) is 19.3. The summed E-state index contributed by atoms with van der Waals surface area (Å²) < 4.78 is 0. The molecular formula is C26H24N2. The predicted molar refractivity (Wildman–Crippen MR) is 119 cm³/mol. The molecule has 0 aromatic heterocycles. The SMILES string of the molecule is CCC(CC)=c1ccc(=C2N=C(c3ccccc3)C(c3ccccc3)=N2)cc1. The molecular weight excluding hydrogens is 340 g/mol. The molecule has 0 radical (unpaired) electrons. The number of nitrogens with zero attached hydrogens (tertiary/aromatic N) is 2. The van der Waals surface area contributed by atoms with Gasteiger partial charge in [-0.25, -0.2) is 9.98 Å². The maximum absolute atomic E-state index is 4.92. The summed E-state index contributed by atoms with van der Waals surface area (Å²) in [5.41, 5.74) is 5.51. The molecule has 138 valence electrons. The molecule has 1 aliphatic rings. The highest BCUT2D eigenvalue weighted by atomic mass is 15.0. The van der Waals surface area contributed by atoms with Crippen LogP contribution < -0.4 is 10.4 Å². The van der Waals surface area contributed by atoms with Crippen molar-refractivity contribution in [2.24, 2.45) is 9.98 Å². The second kappa shape index (κ2) is 8.18. The van der Waals surface area contributed by atoms with Gasteiger partial charge in [0, 0.05) is 16.3 Å². The largest absolute Gasteiger partial charge is 0.226 e. The molecule has 1 heterocycles. The van der Waals surface area contributed by atoms with Gasteiger partial charge in [-0.15, -0.1) is 0 Å². The number of hydrogen-bond acceptors (Lipinski definition) is 2. The van der Waals surface area contributed by atoms with Crippen LogP contribution in [0, 0.1) is 0 Å². The fourth-order valence-electron chi connectivity index (χ4n) is 3.58. The van der Waals surface area contributed by atoms with Gasteiger partial charge in [-0.1, -0.05) is 104 Å². The van der Waals surface area contributed by atoms with Crippen molar-refractivity contribution in [3.63, 3.8) is 0 Å². The van der Waals surface area contributed by atoms with Crippen molar-refractivity contribution in [1.29, 1.82) is 0 Å². The van der Waals surface area contributed by atoms with Gasteiger partial charge in [-0.05, 0) is 18.1 Å². The van der Waals surface area contributed by atoms with E-state index in [1.165, 1.54) is 10.8 Å². The summed E-state index contributed by atoms with van der Waals surface area (Å²) in [6.45, 7) is 4.43. The van der Waals surface area contributed by atoms with Crippen LogP contribution in [0.3, 0.4) is 0 Å². The van der Waals surface area contributed by atoms with Crippen LogP contribution in [0.15, 0.2) is 94.9 Å². The summed E-state index contributed by atoms with van der Waals surface area (Å²) in [4.78, 5) is 9.85. The van der Waals surface area contributed by atoms with Crippen molar-refractivity contribution in [1.82, 2.24) is 0 Å². The van der Waals surface area contributed by atoms with Crippen LogP contribution >= 0.6 is 0 Å². The summed E-state index contributed by atoms with van der Waals surface area (Å²) in [5.74, 6) is 0.777. The summed E-state index contributed by atoms with van der Waals surface area (Å²) in [7, 11) is 0. The van der Waals surface area contributed by atoms with E-state index in [1.54, 1.807) is 0 Å². The van der Waals surface area contributed by atoms with Crippen LogP contribution in [0.2, 0.25) is 0 Å².